The number of para-hydroxylation sites is 1. The van der Waals surface area contributed by atoms with Crippen LogP contribution in [-0.2, 0) is 6.61 Å². The van der Waals surface area contributed by atoms with Gasteiger partial charge >= 0.3 is 5.69 Å². The lowest BCUT2D eigenvalue weighted by atomic mass is 10.2. The summed E-state index contributed by atoms with van der Waals surface area (Å²) in [5.74, 6) is -0.222. The van der Waals surface area contributed by atoms with Gasteiger partial charge in [0.15, 0.2) is 0 Å². The molecule has 0 aliphatic heterocycles. The maximum Gasteiger partial charge on any atom is 0.349 e. The summed E-state index contributed by atoms with van der Waals surface area (Å²) in [5, 5.41) is 15.4. The van der Waals surface area contributed by atoms with E-state index in [1.54, 1.807) is 30.3 Å². The van der Waals surface area contributed by atoms with Crippen LogP contribution in [0.3, 0.4) is 0 Å². The van der Waals surface area contributed by atoms with Crippen LogP contribution in [0.5, 0.6) is 5.75 Å². The molecule has 1 aromatic heterocycles. The molecular weight excluding hydrogens is 419 g/mol. The minimum absolute atomic E-state index is 0.00703. The predicted octanol–water partition coefficient (Wildman–Crippen LogP) is 3.20. The lowest BCUT2D eigenvalue weighted by Crippen LogP contribution is -2.32. The van der Waals surface area contributed by atoms with Gasteiger partial charge in [-0.1, -0.05) is 24.3 Å². The molecule has 0 fully saturated rings. The van der Waals surface area contributed by atoms with Crippen LogP contribution in [0.1, 0.15) is 11.1 Å². The Bertz CT molecular complexity index is 1480. The number of H-pyrrole nitrogens is 1. The van der Waals surface area contributed by atoms with Crippen molar-refractivity contribution in [2.45, 2.75) is 6.61 Å². The van der Waals surface area contributed by atoms with Crippen LogP contribution in [0.2, 0.25) is 0 Å². The highest BCUT2D eigenvalue weighted by Crippen LogP contribution is 2.24. The zero-order valence-electron chi connectivity index (χ0n) is 16.4. The third-order valence-corrected chi connectivity index (χ3v) is 4.58. The van der Waals surface area contributed by atoms with Gasteiger partial charge in [-0.2, -0.15) is 5.10 Å². The number of nitrogens with zero attached hydrogens (tertiary/aromatic N) is 3. The summed E-state index contributed by atoms with van der Waals surface area (Å²) in [6, 6.07) is 16.1. The van der Waals surface area contributed by atoms with Gasteiger partial charge in [0, 0.05) is 17.7 Å². The molecular formula is C22H15FN4O5. The number of nitrogens with one attached hydrogen (secondary N) is 1. The first kappa shape index (κ1) is 20.7. The highest BCUT2D eigenvalue weighted by Gasteiger charge is 2.12. The van der Waals surface area contributed by atoms with E-state index in [1.165, 1.54) is 36.4 Å². The monoisotopic (exact) mass is 434 g/mol. The number of non-ortho nitro benzene ring substituents is 1. The number of nitro benzene ring substituents is 1. The molecule has 160 valence electrons. The van der Waals surface area contributed by atoms with Gasteiger partial charge < -0.3 is 9.72 Å². The van der Waals surface area contributed by atoms with Crippen molar-refractivity contribution in [2.75, 3.05) is 0 Å². The van der Waals surface area contributed by atoms with Gasteiger partial charge in [-0.05, 0) is 35.9 Å². The van der Waals surface area contributed by atoms with Crippen molar-refractivity contribution in [3.63, 3.8) is 0 Å². The van der Waals surface area contributed by atoms with Gasteiger partial charge in [-0.15, -0.1) is 4.68 Å². The number of rotatable bonds is 6. The minimum Gasteiger partial charge on any atom is -0.488 e. The molecule has 1 heterocycles. The van der Waals surface area contributed by atoms with Gasteiger partial charge in [0.05, 0.1) is 22.0 Å². The smallest absolute Gasteiger partial charge is 0.349 e. The maximum atomic E-state index is 13.4. The number of benzene rings is 3. The molecule has 0 aliphatic rings. The summed E-state index contributed by atoms with van der Waals surface area (Å²) in [7, 11) is 0. The Kier molecular flexibility index (Phi) is 5.58. The highest BCUT2D eigenvalue weighted by molar-refractivity contribution is 5.85. The van der Waals surface area contributed by atoms with Crippen molar-refractivity contribution in [1.29, 1.82) is 0 Å². The number of fused-ring (bicyclic) bond motifs is 1. The molecule has 10 heteroatoms. The first-order chi connectivity index (χ1) is 15.4. The summed E-state index contributed by atoms with van der Waals surface area (Å²) in [4.78, 5) is 38.1. The van der Waals surface area contributed by atoms with Crippen LogP contribution in [-0.4, -0.2) is 20.8 Å². The summed E-state index contributed by atoms with van der Waals surface area (Å²) in [6.45, 7) is -0.00703. The van der Waals surface area contributed by atoms with Crippen molar-refractivity contribution in [2.24, 2.45) is 5.10 Å². The number of aromatic amines is 1. The van der Waals surface area contributed by atoms with Crippen molar-refractivity contribution in [1.82, 2.24) is 9.66 Å². The minimum atomic E-state index is -0.766. The van der Waals surface area contributed by atoms with E-state index in [1.807, 2.05) is 0 Å². The van der Waals surface area contributed by atoms with Gasteiger partial charge in [0.2, 0.25) is 0 Å². The van der Waals surface area contributed by atoms with E-state index in [0.717, 1.165) is 6.21 Å². The number of nitro groups is 1. The van der Waals surface area contributed by atoms with Gasteiger partial charge in [0.25, 0.3) is 11.2 Å². The standard InChI is InChI=1S/C22H15FN4O5/c23-16-5-3-4-14(10-16)13-32-20-9-8-17(27(30)31)11-15(20)12-24-26-21(28)18-6-1-2-7-19(18)25-22(26)29/h1-12H,13H2,(H,25,29). The van der Waals surface area contributed by atoms with E-state index >= 15 is 0 Å². The molecule has 3 aromatic carbocycles. The summed E-state index contributed by atoms with van der Waals surface area (Å²) in [6.07, 6.45) is 1.12. The Morgan fingerprint density at radius 1 is 1.09 bits per heavy atom. The maximum absolute atomic E-state index is 13.4. The quantitative estimate of drug-likeness (QED) is 0.284. The average Bonchev–Trinajstić information content (AvgIpc) is 2.78. The van der Waals surface area contributed by atoms with Gasteiger partial charge in [0.1, 0.15) is 18.2 Å². The van der Waals surface area contributed by atoms with E-state index in [-0.39, 0.29) is 29.0 Å². The predicted molar refractivity (Wildman–Crippen MR) is 116 cm³/mol. The van der Waals surface area contributed by atoms with Gasteiger partial charge in [-0.3, -0.25) is 14.9 Å². The second kappa shape index (κ2) is 8.64. The summed E-state index contributed by atoms with van der Waals surface area (Å²) >= 11 is 0. The van der Waals surface area contributed by atoms with Crippen LogP contribution >= 0.6 is 0 Å². The third-order valence-electron chi connectivity index (χ3n) is 4.58. The normalized spacial score (nSPS) is 11.2. The number of ether oxygens (including phenoxy) is 1. The molecule has 0 saturated carbocycles. The fraction of sp³-hybridized carbons (Fsp3) is 0.0455. The summed E-state index contributed by atoms with van der Waals surface area (Å²) < 4.78 is 19.7. The molecule has 0 radical (unpaired) electrons. The second-order valence-electron chi connectivity index (χ2n) is 6.74. The average molecular weight is 434 g/mol. The Morgan fingerprint density at radius 2 is 1.91 bits per heavy atom. The lowest BCUT2D eigenvalue weighted by Gasteiger charge is -2.09. The number of aromatic nitrogens is 2. The molecule has 32 heavy (non-hydrogen) atoms. The van der Waals surface area contributed by atoms with Crippen LogP contribution in [0.4, 0.5) is 10.1 Å². The highest BCUT2D eigenvalue weighted by atomic mass is 19.1. The van der Waals surface area contributed by atoms with Gasteiger partial charge in [-0.25, -0.2) is 9.18 Å². The van der Waals surface area contributed by atoms with Crippen LogP contribution in [0.25, 0.3) is 10.9 Å². The fourth-order valence-corrected chi connectivity index (χ4v) is 3.05. The zero-order valence-corrected chi connectivity index (χ0v) is 16.4. The molecule has 4 rings (SSSR count). The van der Waals surface area contributed by atoms with Crippen LogP contribution in [0, 0.1) is 15.9 Å². The number of hydrogen-bond donors (Lipinski definition) is 1. The first-order valence-electron chi connectivity index (χ1n) is 9.36. The molecule has 0 aliphatic carbocycles. The molecule has 0 amide bonds. The van der Waals surface area contributed by atoms with Crippen molar-refractivity contribution < 1.29 is 14.1 Å². The molecule has 0 unspecified atom stereocenters. The first-order valence-corrected chi connectivity index (χ1v) is 9.36. The largest absolute Gasteiger partial charge is 0.488 e. The molecule has 4 aromatic rings. The topological polar surface area (TPSA) is 120 Å². The molecule has 1 N–H and O–H groups in total. The van der Waals surface area contributed by atoms with Crippen molar-refractivity contribution in [3.05, 3.63) is 115 Å². The number of hydrogen-bond acceptors (Lipinski definition) is 6. The fourth-order valence-electron chi connectivity index (χ4n) is 3.05. The lowest BCUT2D eigenvalue weighted by molar-refractivity contribution is -0.384. The molecule has 9 nitrogen and oxygen atoms in total. The molecule has 0 saturated heterocycles. The van der Waals surface area contributed by atoms with Crippen LogP contribution in [0.15, 0.2) is 81.4 Å². The van der Waals surface area contributed by atoms with E-state index in [4.69, 9.17) is 4.74 Å². The Hall–Kier alpha value is -4.60. The third kappa shape index (κ3) is 4.29. The molecule has 0 atom stereocenters. The van der Waals surface area contributed by atoms with Crippen molar-refractivity contribution in [3.8, 4) is 5.75 Å². The Balaban J connectivity index is 1.72. The van der Waals surface area contributed by atoms with E-state index in [9.17, 15) is 24.1 Å². The molecule has 0 bridgehead atoms. The van der Waals surface area contributed by atoms with Crippen LogP contribution < -0.4 is 16.0 Å². The Labute approximate surface area is 179 Å². The Morgan fingerprint density at radius 3 is 2.69 bits per heavy atom. The SMILES string of the molecule is O=c1[nH]c2ccccc2c(=O)n1N=Cc1cc([N+](=O)[O-])ccc1OCc1cccc(F)c1. The second-order valence-corrected chi connectivity index (χ2v) is 6.74. The summed E-state index contributed by atoms with van der Waals surface area (Å²) in [5.41, 5.74) is -0.567. The molecule has 0 spiro atoms. The van der Waals surface area contributed by atoms with Crippen molar-refractivity contribution >= 4 is 22.8 Å². The van der Waals surface area contributed by atoms with E-state index < -0.39 is 22.0 Å². The van der Waals surface area contributed by atoms with E-state index in [2.05, 4.69) is 10.1 Å². The zero-order chi connectivity index (χ0) is 22.7. The van der Waals surface area contributed by atoms with E-state index in [0.29, 0.717) is 15.8 Å². The number of halogens is 1.